The Hall–Kier alpha value is -1.88. The van der Waals surface area contributed by atoms with Crippen molar-refractivity contribution in [1.29, 1.82) is 0 Å². The molecule has 0 spiro atoms. The minimum absolute atomic E-state index is 0.0742. The number of hydrogen-bond donors (Lipinski definition) is 1. The van der Waals surface area contributed by atoms with E-state index in [4.69, 9.17) is 21.1 Å². The zero-order valence-electron chi connectivity index (χ0n) is 11.2. The molecule has 2 rings (SSSR count). The second-order valence-electron chi connectivity index (χ2n) is 5.38. The molecule has 0 radical (unpaired) electrons. The Labute approximate surface area is 120 Å². The highest BCUT2D eigenvalue weighted by molar-refractivity contribution is 6.31. The van der Waals surface area contributed by atoms with Crippen molar-refractivity contribution in [2.45, 2.75) is 26.2 Å². The number of benzene rings is 1. The van der Waals surface area contributed by atoms with Crippen LogP contribution in [0.2, 0.25) is 5.02 Å². The van der Waals surface area contributed by atoms with Gasteiger partial charge in [-0.1, -0.05) is 32.4 Å². The van der Waals surface area contributed by atoms with E-state index < -0.39 is 17.2 Å². The summed E-state index contributed by atoms with van der Waals surface area (Å²) in [5, 5.41) is 9.09. The molecule has 1 aromatic heterocycles. The standard InChI is InChI=1S/C14H13ClFNO3/c1-14(2,3)11-10(13(18)19)20-12(17-11)7-4-5-9(16)8(15)6-7/h4-6H,1-3H3,(H,18,19). The molecule has 0 amide bonds. The van der Waals surface area contributed by atoms with Gasteiger partial charge in [-0.3, -0.25) is 0 Å². The SMILES string of the molecule is CC(C)(C)c1nc(-c2ccc(F)c(Cl)c2)oc1C(=O)O. The molecule has 106 valence electrons. The molecule has 2 aromatic rings. The molecule has 0 saturated carbocycles. The van der Waals surface area contributed by atoms with Crippen LogP contribution in [0.3, 0.4) is 0 Å². The average Bonchev–Trinajstić information content (AvgIpc) is 2.77. The average molecular weight is 298 g/mol. The highest BCUT2D eigenvalue weighted by Gasteiger charge is 2.29. The summed E-state index contributed by atoms with van der Waals surface area (Å²) in [6.45, 7) is 5.50. The Balaban J connectivity index is 2.58. The van der Waals surface area contributed by atoms with Crippen molar-refractivity contribution in [3.05, 3.63) is 40.5 Å². The summed E-state index contributed by atoms with van der Waals surface area (Å²) >= 11 is 5.70. The summed E-state index contributed by atoms with van der Waals surface area (Å²) < 4.78 is 18.4. The van der Waals surface area contributed by atoms with Crippen molar-refractivity contribution >= 4 is 17.6 Å². The summed E-state index contributed by atoms with van der Waals surface area (Å²) in [5.41, 5.74) is 0.272. The van der Waals surface area contributed by atoms with Crippen molar-refractivity contribution in [2.24, 2.45) is 0 Å². The molecule has 4 nitrogen and oxygen atoms in total. The van der Waals surface area contributed by atoms with Crippen LogP contribution >= 0.6 is 11.6 Å². The molecule has 0 aliphatic carbocycles. The van der Waals surface area contributed by atoms with Gasteiger partial charge < -0.3 is 9.52 Å². The highest BCUT2D eigenvalue weighted by Crippen LogP contribution is 2.31. The topological polar surface area (TPSA) is 63.3 Å². The van der Waals surface area contributed by atoms with Crippen molar-refractivity contribution < 1.29 is 18.7 Å². The van der Waals surface area contributed by atoms with E-state index in [1.54, 1.807) is 0 Å². The molecule has 0 atom stereocenters. The molecule has 0 bridgehead atoms. The number of oxazole rings is 1. The second kappa shape index (κ2) is 4.90. The van der Waals surface area contributed by atoms with Gasteiger partial charge in [0.2, 0.25) is 11.7 Å². The Morgan fingerprint density at radius 2 is 2.05 bits per heavy atom. The van der Waals surface area contributed by atoms with Gasteiger partial charge in [-0.05, 0) is 18.2 Å². The summed E-state index contributed by atoms with van der Waals surface area (Å²) in [6.07, 6.45) is 0. The van der Waals surface area contributed by atoms with Crippen molar-refractivity contribution in [3.8, 4) is 11.5 Å². The Bertz CT molecular complexity index is 674. The Morgan fingerprint density at radius 1 is 1.40 bits per heavy atom. The van der Waals surface area contributed by atoms with Gasteiger partial charge in [0, 0.05) is 11.0 Å². The Morgan fingerprint density at radius 3 is 2.50 bits per heavy atom. The van der Waals surface area contributed by atoms with Gasteiger partial charge >= 0.3 is 5.97 Å². The molecule has 0 fully saturated rings. The largest absolute Gasteiger partial charge is 0.475 e. The lowest BCUT2D eigenvalue weighted by molar-refractivity contribution is 0.0659. The number of halogens is 2. The zero-order valence-corrected chi connectivity index (χ0v) is 12.0. The molecule has 0 unspecified atom stereocenters. The predicted octanol–water partition coefficient (Wildman–Crippen LogP) is 4.13. The van der Waals surface area contributed by atoms with Gasteiger partial charge in [-0.2, -0.15) is 0 Å². The molecular formula is C14H13ClFNO3. The van der Waals surface area contributed by atoms with E-state index in [1.165, 1.54) is 18.2 Å². The number of carbonyl (C=O) groups is 1. The van der Waals surface area contributed by atoms with Crippen LogP contribution in [0.5, 0.6) is 0 Å². The number of carboxylic acids is 1. The van der Waals surface area contributed by atoms with Gasteiger partial charge in [-0.25, -0.2) is 14.2 Å². The summed E-state index contributed by atoms with van der Waals surface area (Å²) in [5.74, 6) is -1.86. The fourth-order valence-electron chi connectivity index (χ4n) is 1.73. The van der Waals surface area contributed by atoms with E-state index in [2.05, 4.69) is 4.98 Å². The van der Waals surface area contributed by atoms with Crippen molar-refractivity contribution in [1.82, 2.24) is 4.98 Å². The summed E-state index contributed by atoms with van der Waals surface area (Å²) in [6, 6.07) is 3.96. The number of hydrogen-bond acceptors (Lipinski definition) is 3. The normalized spacial score (nSPS) is 11.7. The van der Waals surface area contributed by atoms with Crippen LogP contribution in [0.15, 0.2) is 22.6 Å². The van der Waals surface area contributed by atoms with E-state index in [0.717, 1.165) is 0 Å². The third-order valence-corrected chi connectivity index (χ3v) is 2.99. The van der Waals surface area contributed by atoms with Crippen LogP contribution < -0.4 is 0 Å². The van der Waals surface area contributed by atoms with E-state index in [-0.39, 0.29) is 16.7 Å². The third-order valence-electron chi connectivity index (χ3n) is 2.70. The fraction of sp³-hybridized carbons (Fsp3) is 0.286. The van der Waals surface area contributed by atoms with Crippen molar-refractivity contribution in [2.75, 3.05) is 0 Å². The van der Waals surface area contributed by atoms with E-state index in [0.29, 0.717) is 11.3 Å². The second-order valence-corrected chi connectivity index (χ2v) is 5.79. The molecule has 1 aromatic carbocycles. The maximum atomic E-state index is 13.1. The van der Waals surface area contributed by atoms with Crippen LogP contribution in [-0.2, 0) is 5.41 Å². The lowest BCUT2D eigenvalue weighted by Gasteiger charge is -2.14. The molecule has 0 aliphatic heterocycles. The lowest BCUT2D eigenvalue weighted by Crippen LogP contribution is -2.16. The van der Waals surface area contributed by atoms with Crippen LogP contribution in [0.25, 0.3) is 11.5 Å². The van der Waals surface area contributed by atoms with Crippen LogP contribution in [-0.4, -0.2) is 16.1 Å². The maximum absolute atomic E-state index is 13.1. The third kappa shape index (κ3) is 2.67. The Kier molecular flexibility index (Phi) is 3.56. The van der Waals surface area contributed by atoms with Gasteiger partial charge in [0.25, 0.3) is 0 Å². The first-order chi connectivity index (χ1) is 9.20. The zero-order chi connectivity index (χ0) is 15.1. The van der Waals surface area contributed by atoms with Gasteiger partial charge in [0.1, 0.15) is 11.5 Å². The monoisotopic (exact) mass is 297 g/mol. The summed E-state index contributed by atoms with van der Waals surface area (Å²) in [7, 11) is 0. The predicted molar refractivity (Wildman–Crippen MR) is 72.6 cm³/mol. The molecule has 0 saturated heterocycles. The van der Waals surface area contributed by atoms with Crippen molar-refractivity contribution in [3.63, 3.8) is 0 Å². The smallest absolute Gasteiger partial charge is 0.373 e. The summed E-state index contributed by atoms with van der Waals surface area (Å²) in [4.78, 5) is 15.4. The van der Waals surface area contributed by atoms with Crippen LogP contribution in [0.4, 0.5) is 4.39 Å². The lowest BCUT2D eigenvalue weighted by atomic mass is 9.91. The molecular weight excluding hydrogens is 285 g/mol. The fourth-order valence-corrected chi connectivity index (χ4v) is 1.91. The van der Waals surface area contributed by atoms with E-state index in [1.807, 2.05) is 20.8 Å². The van der Waals surface area contributed by atoms with Gasteiger partial charge in [0.15, 0.2) is 0 Å². The number of rotatable bonds is 2. The van der Waals surface area contributed by atoms with Crippen LogP contribution in [0.1, 0.15) is 37.0 Å². The number of nitrogens with zero attached hydrogens (tertiary/aromatic N) is 1. The molecule has 0 aliphatic rings. The number of aromatic carboxylic acids is 1. The maximum Gasteiger partial charge on any atom is 0.373 e. The van der Waals surface area contributed by atoms with Gasteiger partial charge in [0.05, 0.1) is 5.02 Å². The highest BCUT2D eigenvalue weighted by atomic mass is 35.5. The first kappa shape index (κ1) is 14.5. The minimum Gasteiger partial charge on any atom is -0.475 e. The minimum atomic E-state index is -1.19. The molecule has 6 heteroatoms. The van der Waals surface area contributed by atoms with Gasteiger partial charge in [-0.15, -0.1) is 0 Å². The first-order valence-electron chi connectivity index (χ1n) is 5.90. The number of carboxylic acid groups (broad SMARTS) is 1. The molecule has 1 heterocycles. The molecule has 1 N–H and O–H groups in total. The van der Waals surface area contributed by atoms with E-state index >= 15 is 0 Å². The van der Waals surface area contributed by atoms with E-state index in [9.17, 15) is 9.18 Å². The number of aromatic nitrogens is 1. The van der Waals surface area contributed by atoms with Crippen LogP contribution in [0, 0.1) is 5.82 Å². The molecule has 20 heavy (non-hydrogen) atoms. The quantitative estimate of drug-likeness (QED) is 0.905. The first-order valence-corrected chi connectivity index (χ1v) is 6.28.